The molecule has 0 radical (unpaired) electrons. The third-order valence-corrected chi connectivity index (χ3v) is 3.47. The Kier molecular flexibility index (Phi) is 5.60. The van der Waals surface area contributed by atoms with E-state index in [-0.39, 0.29) is 25.1 Å². The fourth-order valence-corrected chi connectivity index (χ4v) is 2.27. The van der Waals surface area contributed by atoms with Gasteiger partial charge in [-0.1, -0.05) is 0 Å². The van der Waals surface area contributed by atoms with E-state index in [1.54, 1.807) is 24.1 Å². The van der Waals surface area contributed by atoms with Crippen LogP contribution in [0.1, 0.15) is 6.42 Å². The number of hydrogen-bond donors (Lipinski definition) is 2. The number of hydrogen-bond acceptors (Lipinski definition) is 4. The summed E-state index contributed by atoms with van der Waals surface area (Å²) in [4.78, 5) is 27.2. The number of anilines is 1. The first kappa shape index (κ1) is 16.1. The maximum absolute atomic E-state index is 12.3. The first-order valence-electron chi connectivity index (χ1n) is 7.23. The lowest BCUT2D eigenvalue weighted by Crippen LogP contribution is -2.40. The maximum atomic E-state index is 12.3. The Morgan fingerprint density at radius 1 is 1.32 bits per heavy atom. The smallest absolute Gasteiger partial charge is 0.325 e. The number of rotatable bonds is 7. The zero-order valence-corrected chi connectivity index (χ0v) is 12.6. The second-order valence-corrected chi connectivity index (χ2v) is 4.98. The highest BCUT2D eigenvalue weighted by Gasteiger charge is 2.30. The third kappa shape index (κ3) is 3.88. The van der Waals surface area contributed by atoms with Crippen LogP contribution in [0.15, 0.2) is 24.3 Å². The minimum Gasteiger partial charge on any atom is -0.497 e. The maximum Gasteiger partial charge on any atom is 0.325 e. The SMILES string of the molecule is COc1ccc(N2CCN(CC(=O)NCCCO)C2=O)cc1. The molecule has 0 unspecified atom stereocenters. The second-order valence-electron chi connectivity index (χ2n) is 4.98. The number of aliphatic hydroxyl groups is 1. The van der Waals surface area contributed by atoms with Crippen LogP contribution in [0.4, 0.5) is 10.5 Å². The lowest BCUT2D eigenvalue weighted by atomic mass is 10.3. The average molecular weight is 307 g/mol. The first-order valence-corrected chi connectivity index (χ1v) is 7.23. The van der Waals surface area contributed by atoms with E-state index in [9.17, 15) is 9.59 Å². The molecule has 1 aromatic rings. The topological polar surface area (TPSA) is 82.1 Å². The molecule has 0 atom stereocenters. The van der Waals surface area contributed by atoms with E-state index >= 15 is 0 Å². The highest BCUT2D eigenvalue weighted by molar-refractivity contribution is 5.96. The number of benzene rings is 1. The number of nitrogens with zero attached hydrogens (tertiary/aromatic N) is 2. The Morgan fingerprint density at radius 3 is 2.68 bits per heavy atom. The van der Waals surface area contributed by atoms with Crippen molar-refractivity contribution < 1.29 is 19.4 Å². The van der Waals surface area contributed by atoms with Crippen LogP contribution in [0, 0.1) is 0 Å². The van der Waals surface area contributed by atoms with Gasteiger partial charge in [0.05, 0.1) is 7.11 Å². The van der Waals surface area contributed by atoms with E-state index in [0.717, 1.165) is 11.4 Å². The molecule has 1 saturated heterocycles. The lowest BCUT2D eigenvalue weighted by molar-refractivity contribution is -0.121. The van der Waals surface area contributed by atoms with Gasteiger partial charge in [0.1, 0.15) is 12.3 Å². The number of aliphatic hydroxyl groups excluding tert-OH is 1. The largest absolute Gasteiger partial charge is 0.497 e. The van der Waals surface area contributed by atoms with E-state index in [2.05, 4.69) is 5.32 Å². The Labute approximate surface area is 129 Å². The van der Waals surface area contributed by atoms with Gasteiger partial charge in [0.2, 0.25) is 5.91 Å². The highest BCUT2D eigenvalue weighted by atomic mass is 16.5. The predicted octanol–water partition coefficient (Wildman–Crippen LogP) is 0.436. The molecule has 2 N–H and O–H groups in total. The third-order valence-electron chi connectivity index (χ3n) is 3.47. The molecule has 2 rings (SSSR count). The van der Waals surface area contributed by atoms with Crippen molar-refractivity contribution in [1.29, 1.82) is 0 Å². The summed E-state index contributed by atoms with van der Waals surface area (Å²) in [6.45, 7) is 1.55. The van der Waals surface area contributed by atoms with Crippen molar-refractivity contribution in [1.82, 2.24) is 10.2 Å². The molecular weight excluding hydrogens is 286 g/mol. The number of ether oxygens (including phenoxy) is 1. The Balaban J connectivity index is 1.90. The van der Waals surface area contributed by atoms with E-state index in [0.29, 0.717) is 26.1 Å². The number of urea groups is 1. The Bertz CT molecular complexity index is 518. The van der Waals surface area contributed by atoms with Gasteiger partial charge in [-0.15, -0.1) is 0 Å². The molecule has 22 heavy (non-hydrogen) atoms. The molecular formula is C15H21N3O4. The molecule has 3 amide bonds. The van der Waals surface area contributed by atoms with Crippen LogP contribution in [0.3, 0.4) is 0 Å². The number of carbonyl (C=O) groups is 2. The van der Waals surface area contributed by atoms with Crippen molar-refractivity contribution in [2.45, 2.75) is 6.42 Å². The normalized spacial score (nSPS) is 14.4. The number of nitrogens with one attached hydrogen (secondary N) is 1. The predicted molar refractivity (Wildman–Crippen MR) is 82.0 cm³/mol. The summed E-state index contributed by atoms with van der Waals surface area (Å²) in [7, 11) is 1.59. The molecule has 1 heterocycles. The minimum absolute atomic E-state index is 0.0359. The van der Waals surface area contributed by atoms with Crippen LogP contribution in [-0.4, -0.2) is 61.8 Å². The number of carbonyl (C=O) groups excluding carboxylic acids is 2. The molecule has 0 aromatic heterocycles. The quantitative estimate of drug-likeness (QED) is 0.716. The van der Waals surface area contributed by atoms with Crippen molar-refractivity contribution in [3.05, 3.63) is 24.3 Å². The molecule has 1 aliphatic heterocycles. The Morgan fingerprint density at radius 2 is 2.05 bits per heavy atom. The zero-order valence-electron chi connectivity index (χ0n) is 12.6. The molecule has 7 heteroatoms. The molecule has 7 nitrogen and oxygen atoms in total. The summed E-state index contributed by atoms with van der Waals surface area (Å²) in [6.07, 6.45) is 0.512. The Hall–Kier alpha value is -2.28. The summed E-state index contributed by atoms with van der Waals surface area (Å²) in [5, 5.41) is 11.3. The summed E-state index contributed by atoms with van der Waals surface area (Å²) in [5.41, 5.74) is 0.786. The second kappa shape index (κ2) is 7.65. The van der Waals surface area contributed by atoms with Crippen molar-refractivity contribution in [2.24, 2.45) is 0 Å². The molecule has 0 aliphatic carbocycles. The van der Waals surface area contributed by atoms with E-state index < -0.39 is 0 Å². The van der Waals surface area contributed by atoms with Crippen molar-refractivity contribution in [3.8, 4) is 5.75 Å². The van der Waals surface area contributed by atoms with Crippen molar-refractivity contribution in [3.63, 3.8) is 0 Å². The molecule has 120 valence electrons. The van der Waals surface area contributed by atoms with E-state index in [1.165, 1.54) is 4.90 Å². The van der Waals surface area contributed by atoms with Gasteiger partial charge >= 0.3 is 6.03 Å². The first-order chi connectivity index (χ1) is 10.7. The van der Waals surface area contributed by atoms with Gasteiger partial charge in [-0.25, -0.2) is 4.79 Å². The van der Waals surface area contributed by atoms with Gasteiger partial charge < -0.3 is 20.1 Å². The van der Waals surface area contributed by atoms with E-state index in [4.69, 9.17) is 9.84 Å². The minimum atomic E-state index is -0.210. The molecule has 0 spiro atoms. The standard InChI is InChI=1S/C15H21N3O4/c1-22-13-5-3-12(4-6-13)18-9-8-17(15(18)21)11-14(20)16-7-2-10-19/h3-6,19H,2,7-11H2,1H3,(H,16,20). The summed E-state index contributed by atoms with van der Waals surface area (Å²) < 4.78 is 5.09. The van der Waals surface area contributed by atoms with Gasteiger partial charge in [-0.3, -0.25) is 9.69 Å². The summed E-state index contributed by atoms with van der Waals surface area (Å²) in [5.74, 6) is 0.522. The molecule has 1 aliphatic rings. The fraction of sp³-hybridized carbons (Fsp3) is 0.467. The van der Waals surface area contributed by atoms with Crippen LogP contribution in [-0.2, 0) is 4.79 Å². The van der Waals surface area contributed by atoms with Gasteiger partial charge in [0, 0.05) is 31.9 Å². The van der Waals surface area contributed by atoms with Crippen LogP contribution >= 0.6 is 0 Å². The van der Waals surface area contributed by atoms with Gasteiger partial charge in [0.15, 0.2) is 0 Å². The summed E-state index contributed by atoms with van der Waals surface area (Å²) in [6, 6.07) is 7.06. The van der Waals surface area contributed by atoms with Gasteiger partial charge in [-0.2, -0.15) is 0 Å². The van der Waals surface area contributed by atoms with E-state index in [1.807, 2.05) is 12.1 Å². The van der Waals surface area contributed by atoms with Crippen molar-refractivity contribution >= 4 is 17.6 Å². The van der Waals surface area contributed by atoms with Crippen LogP contribution in [0.5, 0.6) is 5.75 Å². The number of methoxy groups -OCH3 is 1. The fourth-order valence-electron chi connectivity index (χ4n) is 2.27. The van der Waals surface area contributed by atoms with Crippen LogP contribution in [0.25, 0.3) is 0 Å². The molecule has 1 fully saturated rings. The van der Waals surface area contributed by atoms with Crippen molar-refractivity contribution in [2.75, 3.05) is 44.8 Å². The molecule has 0 saturated carbocycles. The van der Waals surface area contributed by atoms with Gasteiger partial charge in [0.25, 0.3) is 0 Å². The summed E-state index contributed by atoms with van der Waals surface area (Å²) >= 11 is 0. The number of amides is 3. The molecule has 0 bridgehead atoms. The highest BCUT2D eigenvalue weighted by Crippen LogP contribution is 2.22. The monoisotopic (exact) mass is 307 g/mol. The lowest BCUT2D eigenvalue weighted by Gasteiger charge is -2.18. The average Bonchev–Trinajstić information content (AvgIpc) is 2.89. The zero-order chi connectivity index (χ0) is 15.9. The molecule has 1 aromatic carbocycles. The van der Waals surface area contributed by atoms with Gasteiger partial charge in [-0.05, 0) is 30.7 Å². The van der Waals surface area contributed by atoms with Crippen LogP contribution < -0.4 is 15.0 Å². The van der Waals surface area contributed by atoms with Crippen LogP contribution in [0.2, 0.25) is 0 Å².